The average molecular weight is 352 g/mol. The molecule has 2 amide bonds. The third-order valence-corrected chi connectivity index (χ3v) is 4.67. The van der Waals surface area contributed by atoms with Crippen molar-refractivity contribution < 1.29 is 14.3 Å². The molecule has 0 spiro atoms. The van der Waals surface area contributed by atoms with Crippen molar-refractivity contribution in [3.63, 3.8) is 0 Å². The number of amides is 2. The van der Waals surface area contributed by atoms with Gasteiger partial charge in [0.2, 0.25) is 5.91 Å². The van der Waals surface area contributed by atoms with Crippen molar-refractivity contribution in [2.75, 3.05) is 24.6 Å². The van der Waals surface area contributed by atoms with E-state index in [-0.39, 0.29) is 11.8 Å². The van der Waals surface area contributed by atoms with E-state index in [2.05, 4.69) is 0 Å². The molecule has 5 heteroatoms. The second-order valence-corrected chi connectivity index (χ2v) is 6.46. The zero-order valence-corrected chi connectivity index (χ0v) is 15.4. The van der Waals surface area contributed by atoms with Gasteiger partial charge in [0.25, 0.3) is 5.91 Å². The van der Waals surface area contributed by atoms with E-state index < -0.39 is 6.04 Å². The highest BCUT2D eigenvalue weighted by molar-refractivity contribution is 6.03. The average Bonchev–Trinajstić information content (AvgIpc) is 2.65. The van der Waals surface area contributed by atoms with Crippen LogP contribution in [0.4, 0.5) is 5.69 Å². The van der Waals surface area contributed by atoms with E-state index in [0.717, 1.165) is 17.0 Å². The number of rotatable bonds is 4. The van der Waals surface area contributed by atoms with Crippen LogP contribution in [0.3, 0.4) is 0 Å². The smallest absolute Gasteiger partial charge is 0.254 e. The van der Waals surface area contributed by atoms with Crippen LogP contribution >= 0.6 is 0 Å². The number of ether oxygens (including phenoxy) is 1. The van der Waals surface area contributed by atoms with Crippen molar-refractivity contribution >= 4 is 17.5 Å². The molecule has 1 aliphatic heterocycles. The molecule has 1 atom stereocenters. The third kappa shape index (κ3) is 3.57. The Morgan fingerprint density at radius 1 is 1.08 bits per heavy atom. The summed E-state index contributed by atoms with van der Waals surface area (Å²) in [4.78, 5) is 29.0. The van der Waals surface area contributed by atoms with Gasteiger partial charge in [-0.05, 0) is 57.2 Å². The van der Waals surface area contributed by atoms with Gasteiger partial charge in [-0.1, -0.05) is 17.7 Å². The van der Waals surface area contributed by atoms with Gasteiger partial charge < -0.3 is 14.5 Å². The monoisotopic (exact) mass is 352 g/mol. The number of nitrogens with zero attached hydrogens (tertiary/aromatic N) is 2. The first kappa shape index (κ1) is 18.0. The molecule has 0 N–H and O–H groups in total. The minimum Gasteiger partial charge on any atom is -0.494 e. The number of carbonyl (C=O) groups is 2. The Labute approximate surface area is 154 Å². The summed E-state index contributed by atoms with van der Waals surface area (Å²) in [5.41, 5.74) is 2.54. The molecule has 3 rings (SSSR count). The molecular weight excluding hydrogens is 328 g/mol. The summed E-state index contributed by atoms with van der Waals surface area (Å²) in [6.45, 7) is 7.30. The summed E-state index contributed by atoms with van der Waals surface area (Å²) in [5, 5.41) is 0. The van der Waals surface area contributed by atoms with Crippen LogP contribution in [0, 0.1) is 6.92 Å². The summed E-state index contributed by atoms with van der Waals surface area (Å²) in [5.74, 6) is 0.614. The Bertz CT molecular complexity index is 784. The summed E-state index contributed by atoms with van der Waals surface area (Å²) in [7, 11) is 0. The van der Waals surface area contributed by atoms with Crippen LogP contribution in [0.25, 0.3) is 0 Å². The first-order valence-corrected chi connectivity index (χ1v) is 8.93. The van der Waals surface area contributed by atoms with E-state index in [1.165, 1.54) is 0 Å². The summed E-state index contributed by atoms with van der Waals surface area (Å²) >= 11 is 0. The summed E-state index contributed by atoms with van der Waals surface area (Å²) in [6, 6.07) is 14.4. The number of hydrogen-bond acceptors (Lipinski definition) is 3. The number of piperazine rings is 1. The molecule has 2 aromatic rings. The Hall–Kier alpha value is -2.82. The van der Waals surface area contributed by atoms with E-state index in [1.54, 1.807) is 16.7 Å². The predicted molar refractivity (Wildman–Crippen MR) is 102 cm³/mol. The van der Waals surface area contributed by atoms with Crippen LogP contribution in [0.2, 0.25) is 0 Å². The zero-order valence-electron chi connectivity index (χ0n) is 15.4. The fraction of sp³-hybridized carbons (Fsp3) is 0.333. The minimum absolute atomic E-state index is 0.0686. The van der Waals surface area contributed by atoms with E-state index in [0.29, 0.717) is 25.3 Å². The van der Waals surface area contributed by atoms with Crippen molar-refractivity contribution in [3.05, 3.63) is 59.7 Å². The van der Waals surface area contributed by atoms with Gasteiger partial charge in [0, 0.05) is 24.3 Å². The van der Waals surface area contributed by atoms with Crippen LogP contribution in [0.15, 0.2) is 48.5 Å². The van der Waals surface area contributed by atoms with Crippen LogP contribution in [-0.2, 0) is 4.79 Å². The largest absolute Gasteiger partial charge is 0.494 e. The maximum atomic E-state index is 12.8. The molecule has 1 saturated heterocycles. The van der Waals surface area contributed by atoms with Gasteiger partial charge in [-0.25, -0.2) is 0 Å². The second kappa shape index (κ2) is 7.60. The van der Waals surface area contributed by atoms with Gasteiger partial charge in [-0.2, -0.15) is 0 Å². The molecular formula is C21H24N2O3. The highest BCUT2D eigenvalue weighted by atomic mass is 16.5. The highest BCUT2D eigenvalue weighted by Gasteiger charge is 2.35. The van der Waals surface area contributed by atoms with Crippen molar-refractivity contribution in [3.8, 4) is 5.75 Å². The highest BCUT2D eigenvalue weighted by Crippen LogP contribution is 2.24. The lowest BCUT2D eigenvalue weighted by Gasteiger charge is -2.39. The van der Waals surface area contributed by atoms with E-state index in [4.69, 9.17) is 4.74 Å². The van der Waals surface area contributed by atoms with Crippen molar-refractivity contribution in [2.24, 2.45) is 0 Å². The van der Waals surface area contributed by atoms with Gasteiger partial charge in [0.1, 0.15) is 11.8 Å². The van der Waals surface area contributed by atoms with Crippen molar-refractivity contribution in [1.82, 2.24) is 4.90 Å². The molecule has 0 aromatic heterocycles. The molecule has 0 bridgehead atoms. The van der Waals surface area contributed by atoms with E-state index >= 15 is 0 Å². The predicted octanol–water partition coefficient (Wildman–Crippen LogP) is 3.27. The van der Waals surface area contributed by atoms with E-state index in [1.807, 2.05) is 62.4 Å². The molecule has 1 unspecified atom stereocenters. The number of benzene rings is 2. The lowest BCUT2D eigenvalue weighted by molar-refractivity contribution is -0.124. The molecule has 5 nitrogen and oxygen atoms in total. The molecule has 0 saturated carbocycles. The first-order chi connectivity index (χ1) is 12.5. The Balaban J connectivity index is 1.73. The molecule has 136 valence electrons. The molecule has 1 fully saturated rings. The SMILES string of the molecule is CCOc1ccc(N2CCN(C(=O)c3ccc(C)cc3)C(C)C2=O)cc1. The van der Waals surface area contributed by atoms with Gasteiger partial charge in [0.15, 0.2) is 0 Å². The van der Waals surface area contributed by atoms with Crippen molar-refractivity contribution in [1.29, 1.82) is 0 Å². The van der Waals surface area contributed by atoms with E-state index in [9.17, 15) is 9.59 Å². The number of aryl methyl sites for hydroxylation is 1. The van der Waals surface area contributed by atoms with Crippen LogP contribution in [0.5, 0.6) is 5.75 Å². The van der Waals surface area contributed by atoms with Crippen LogP contribution < -0.4 is 9.64 Å². The lowest BCUT2D eigenvalue weighted by atomic mass is 10.1. The minimum atomic E-state index is -0.496. The summed E-state index contributed by atoms with van der Waals surface area (Å²) < 4.78 is 5.45. The number of anilines is 1. The van der Waals surface area contributed by atoms with Crippen molar-refractivity contribution in [2.45, 2.75) is 26.8 Å². The van der Waals surface area contributed by atoms with Gasteiger partial charge >= 0.3 is 0 Å². The quantitative estimate of drug-likeness (QED) is 0.848. The summed E-state index contributed by atoms with van der Waals surface area (Å²) in [6.07, 6.45) is 0. The third-order valence-electron chi connectivity index (χ3n) is 4.67. The molecule has 0 radical (unpaired) electrons. The topological polar surface area (TPSA) is 49.9 Å². The zero-order chi connectivity index (χ0) is 18.7. The maximum Gasteiger partial charge on any atom is 0.254 e. The molecule has 26 heavy (non-hydrogen) atoms. The fourth-order valence-electron chi connectivity index (χ4n) is 3.16. The standard InChI is InChI=1S/C21H24N2O3/c1-4-26-19-11-9-18(10-12-19)23-14-13-22(16(3)20(23)24)21(25)17-7-5-15(2)6-8-17/h5-12,16H,4,13-14H2,1-3H3. The van der Waals surface area contributed by atoms with Gasteiger partial charge in [-0.15, -0.1) is 0 Å². The normalized spacial score (nSPS) is 17.3. The second-order valence-electron chi connectivity index (χ2n) is 6.46. The number of hydrogen-bond donors (Lipinski definition) is 0. The molecule has 2 aromatic carbocycles. The Morgan fingerprint density at radius 2 is 1.73 bits per heavy atom. The fourth-order valence-corrected chi connectivity index (χ4v) is 3.16. The molecule has 1 heterocycles. The maximum absolute atomic E-state index is 12.8. The van der Waals surface area contributed by atoms with Crippen LogP contribution in [0.1, 0.15) is 29.8 Å². The first-order valence-electron chi connectivity index (χ1n) is 8.93. The number of carbonyl (C=O) groups excluding carboxylic acids is 2. The van der Waals surface area contributed by atoms with Crippen LogP contribution in [-0.4, -0.2) is 42.5 Å². The Kier molecular flexibility index (Phi) is 5.26. The van der Waals surface area contributed by atoms with Gasteiger partial charge in [-0.3, -0.25) is 9.59 Å². The molecule has 0 aliphatic carbocycles. The molecule has 1 aliphatic rings. The lowest BCUT2D eigenvalue weighted by Crippen LogP contribution is -2.57. The Morgan fingerprint density at radius 3 is 2.35 bits per heavy atom. The van der Waals surface area contributed by atoms with Gasteiger partial charge in [0.05, 0.1) is 6.61 Å².